The number of carbonyl (C=O) groups excluding carboxylic acids is 1. The molecule has 1 aliphatic carbocycles. The second kappa shape index (κ2) is 9.45. The largest absolute Gasteiger partial charge is 0.493 e. The fraction of sp³-hybridized carbons (Fsp3) is 0.276. The van der Waals surface area contributed by atoms with Crippen molar-refractivity contribution < 1.29 is 18.7 Å². The number of fused-ring (bicyclic) bond motifs is 1. The van der Waals surface area contributed by atoms with E-state index in [1.165, 1.54) is 12.1 Å². The Bertz CT molecular complexity index is 1360. The zero-order valence-electron chi connectivity index (χ0n) is 19.9. The summed E-state index contributed by atoms with van der Waals surface area (Å²) in [4.78, 5) is 17.0. The second-order valence-corrected chi connectivity index (χ2v) is 9.08. The standard InChI is InChI=1S/C29H29FN2O3/c1-34-26-13-6-11-22(27(26)35-2)24(23-17-31-25-12-4-3-10-21(23)25)18-32-28(33)29(14-7-15-29)19-8-5-9-20(30)16-19/h3-6,8-13,16-17,24,31H,7,14-15,18H2,1-2H3,(H,32,33). The maximum Gasteiger partial charge on any atom is 0.230 e. The molecule has 0 radical (unpaired) electrons. The van der Waals surface area contributed by atoms with Gasteiger partial charge in [0.25, 0.3) is 0 Å². The lowest BCUT2D eigenvalue weighted by atomic mass is 9.63. The summed E-state index contributed by atoms with van der Waals surface area (Å²) in [6.45, 7) is 0.362. The van der Waals surface area contributed by atoms with E-state index in [-0.39, 0.29) is 17.6 Å². The molecule has 1 aliphatic rings. The number of rotatable bonds is 8. The minimum atomic E-state index is -0.689. The van der Waals surface area contributed by atoms with Crippen LogP contribution in [0.15, 0.2) is 72.9 Å². The van der Waals surface area contributed by atoms with E-state index in [1.54, 1.807) is 20.3 Å². The molecule has 1 heterocycles. The van der Waals surface area contributed by atoms with Crippen molar-refractivity contribution in [1.29, 1.82) is 0 Å². The molecule has 5 rings (SSSR count). The van der Waals surface area contributed by atoms with Gasteiger partial charge in [0.15, 0.2) is 11.5 Å². The zero-order chi connectivity index (χ0) is 24.4. The highest BCUT2D eigenvalue weighted by molar-refractivity contribution is 5.90. The van der Waals surface area contributed by atoms with Crippen molar-refractivity contribution >= 4 is 16.8 Å². The maximum atomic E-state index is 14.0. The van der Waals surface area contributed by atoms with E-state index in [0.29, 0.717) is 30.9 Å². The van der Waals surface area contributed by atoms with Crippen molar-refractivity contribution in [1.82, 2.24) is 10.3 Å². The third kappa shape index (κ3) is 4.03. The van der Waals surface area contributed by atoms with E-state index >= 15 is 0 Å². The lowest BCUT2D eigenvalue weighted by molar-refractivity contribution is -0.129. The number of aromatic amines is 1. The highest BCUT2D eigenvalue weighted by Crippen LogP contribution is 2.45. The molecular weight excluding hydrogens is 443 g/mol. The molecule has 35 heavy (non-hydrogen) atoms. The summed E-state index contributed by atoms with van der Waals surface area (Å²) in [5.41, 5.74) is 3.05. The Kier molecular flexibility index (Phi) is 6.20. The number of nitrogens with one attached hydrogen (secondary N) is 2. The number of hydrogen-bond donors (Lipinski definition) is 2. The van der Waals surface area contributed by atoms with Gasteiger partial charge in [-0.3, -0.25) is 4.79 Å². The van der Waals surface area contributed by atoms with Crippen LogP contribution < -0.4 is 14.8 Å². The minimum Gasteiger partial charge on any atom is -0.493 e. The van der Waals surface area contributed by atoms with Crippen molar-refractivity contribution in [2.45, 2.75) is 30.6 Å². The van der Waals surface area contributed by atoms with Gasteiger partial charge >= 0.3 is 0 Å². The predicted molar refractivity (Wildman–Crippen MR) is 135 cm³/mol. The molecule has 1 saturated carbocycles. The highest BCUT2D eigenvalue weighted by atomic mass is 19.1. The lowest BCUT2D eigenvalue weighted by Gasteiger charge is -2.41. The van der Waals surface area contributed by atoms with Gasteiger partial charge < -0.3 is 19.8 Å². The van der Waals surface area contributed by atoms with E-state index in [0.717, 1.165) is 34.0 Å². The van der Waals surface area contributed by atoms with Gasteiger partial charge in [-0.1, -0.05) is 48.9 Å². The van der Waals surface area contributed by atoms with E-state index < -0.39 is 5.41 Å². The molecule has 2 N–H and O–H groups in total. The van der Waals surface area contributed by atoms with Crippen LogP contribution in [-0.4, -0.2) is 31.7 Å². The number of benzene rings is 3. The molecular formula is C29H29FN2O3. The van der Waals surface area contributed by atoms with Crippen molar-refractivity contribution in [2.24, 2.45) is 0 Å². The van der Waals surface area contributed by atoms with Gasteiger partial charge in [-0.05, 0) is 48.2 Å². The van der Waals surface area contributed by atoms with Gasteiger partial charge in [-0.15, -0.1) is 0 Å². The van der Waals surface area contributed by atoms with Crippen LogP contribution in [0.3, 0.4) is 0 Å². The Balaban J connectivity index is 1.52. The maximum absolute atomic E-state index is 14.0. The Labute approximate surface area is 204 Å². The number of hydrogen-bond acceptors (Lipinski definition) is 3. The van der Waals surface area contributed by atoms with E-state index in [1.807, 2.05) is 48.7 Å². The fourth-order valence-corrected chi connectivity index (χ4v) is 5.28. The summed E-state index contributed by atoms with van der Waals surface area (Å²) >= 11 is 0. The summed E-state index contributed by atoms with van der Waals surface area (Å²) in [7, 11) is 3.24. The smallest absolute Gasteiger partial charge is 0.230 e. The van der Waals surface area contributed by atoms with Crippen molar-refractivity contribution in [2.75, 3.05) is 20.8 Å². The van der Waals surface area contributed by atoms with Gasteiger partial charge in [0.2, 0.25) is 5.91 Å². The Hall–Kier alpha value is -3.80. The van der Waals surface area contributed by atoms with Crippen molar-refractivity contribution in [3.8, 4) is 11.5 Å². The van der Waals surface area contributed by atoms with Crippen LogP contribution in [0.2, 0.25) is 0 Å². The molecule has 0 saturated heterocycles. The van der Waals surface area contributed by atoms with Crippen LogP contribution in [0.5, 0.6) is 11.5 Å². The van der Waals surface area contributed by atoms with Crippen molar-refractivity contribution in [3.63, 3.8) is 0 Å². The fourth-order valence-electron chi connectivity index (χ4n) is 5.28. The molecule has 4 aromatic rings. The number of H-pyrrole nitrogens is 1. The first-order valence-electron chi connectivity index (χ1n) is 11.9. The molecule has 0 aliphatic heterocycles. The Morgan fingerprint density at radius 2 is 1.83 bits per heavy atom. The number of ether oxygens (including phenoxy) is 2. The third-order valence-electron chi connectivity index (χ3n) is 7.29. The SMILES string of the molecule is COc1cccc(C(CNC(=O)C2(c3cccc(F)c3)CCC2)c2c[nH]c3ccccc23)c1OC. The molecule has 3 aromatic carbocycles. The molecule has 6 heteroatoms. The Morgan fingerprint density at radius 3 is 2.54 bits per heavy atom. The lowest BCUT2D eigenvalue weighted by Crippen LogP contribution is -2.50. The van der Waals surface area contributed by atoms with Gasteiger partial charge in [-0.25, -0.2) is 4.39 Å². The van der Waals surface area contributed by atoms with Crippen LogP contribution in [-0.2, 0) is 10.2 Å². The number of aromatic nitrogens is 1. The molecule has 0 spiro atoms. The minimum absolute atomic E-state index is 0.0685. The average Bonchev–Trinajstić information content (AvgIpc) is 3.27. The molecule has 0 bridgehead atoms. The zero-order valence-corrected chi connectivity index (χ0v) is 19.9. The van der Waals surface area contributed by atoms with Crippen LogP contribution in [0.4, 0.5) is 4.39 Å². The van der Waals surface area contributed by atoms with Crippen LogP contribution in [0.25, 0.3) is 10.9 Å². The Morgan fingerprint density at radius 1 is 1.03 bits per heavy atom. The monoisotopic (exact) mass is 472 g/mol. The topological polar surface area (TPSA) is 63.3 Å². The molecule has 5 nitrogen and oxygen atoms in total. The highest BCUT2D eigenvalue weighted by Gasteiger charge is 2.45. The molecule has 1 aromatic heterocycles. The quantitative estimate of drug-likeness (QED) is 0.346. The van der Waals surface area contributed by atoms with Gasteiger partial charge in [-0.2, -0.15) is 0 Å². The number of halogens is 1. The molecule has 1 amide bonds. The van der Waals surface area contributed by atoms with Crippen LogP contribution in [0.1, 0.15) is 41.9 Å². The molecule has 1 atom stereocenters. The van der Waals surface area contributed by atoms with Crippen LogP contribution in [0, 0.1) is 5.82 Å². The molecule has 180 valence electrons. The first kappa shape index (κ1) is 23.0. The van der Waals surface area contributed by atoms with Gasteiger partial charge in [0.05, 0.1) is 19.6 Å². The number of methoxy groups -OCH3 is 2. The third-order valence-corrected chi connectivity index (χ3v) is 7.29. The van der Waals surface area contributed by atoms with Crippen LogP contribution >= 0.6 is 0 Å². The van der Waals surface area contributed by atoms with Gasteiger partial charge in [0.1, 0.15) is 5.82 Å². The van der Waals surface area contributed by atoms with E-state index in [9.17, 15) is 9.18 Å². The van der Waals surface area contributed by atoms with Gasteiger partial charge in [0, 0.05) is 35.1 Å². The normalized spacial score (nSPS) is 15.3. The predicted octanol–water partition coefficient (Wildman–Crippen LogP) is 5.69. The number of amides is 1. The molecule has 1 unspecified atom stereocenters. The number of para-hydroxylation sites is 2. The summed E-state index contributed by atoms with van der Waals surface area (Å²) in [6.07, 6.45) is 4.36. The summed E-state index contributed by atoms with van der Waals surface area (Å²) < 4.78 is 25.3. The second-order valence-electron chi connectivity index (χ2n) is 9.08. The first-order valence-corrected chi connectivity index (χ1v) is 11.9. The van der Waals surface area contributed by atoms with E-state index in [2.05, 4.69) is 16.4 Å². The summed E-state index contributed by atoms with van der Waals surface area (Å²) in [5, 5.41) is 4.30. The average molecular weight is 473 g/mol. The first-order chi connectivity index (χ1) is 17.1. The summed E-state index contributed by atoms with van der Waals surface area (Å²) in [6, 6.07) is 20.3. The number of carbonyl (C=O) groups is 1. The van der Waals surface area contributed by atoms with Crippen molar-refractivity contribution in [3.05, 3.63) is 95.4 Å². The summed E-state index contributed by atoms with van der Waals surface area (Å²) in [5.74, 6) is 0.699. The van der Waals surface area contributed by atoms with E-state index in [4.69, 9.17) is 9.47 Å². The molecule has 1 fully saturated rings.